The Kier molecular flexibility index (Phi) is 5.75. The number of carbonyl (C=O) groups is 1. The molecule has 1 fully saturated rings. The highest BCUT2D eigenvalue weighted by molar-refractivity contribution is 9.10. The number of ether oxygens (including phenoxy) is 1. The van der Waals surface area contributed by atoms with Gasteiger partial charge < -0.3 is 9.64 Å². The fraction of sp³-hybridized carbons (Fsp3) is 0.444. The zero-order valence-electron chi connectivity index (χ0n) is 14.6. The predicted molar refractivity (Wildman–Crippen MR) is 99.9 cm³/mol. The highest BCUT2D eigenvalue weighted by Gasteiger charge is 2.25. The zero-order chi connectivity index (χ0) is 17.8. The van der Waals surface area contributed by atoms with Crippen molar-refractivity contribution in [1.29, 1.82) is 0 Å². The first-order valence-electron chi connectivity index (χ1n) is 8.40. The third-order valence-corrected chi connectivity index (χ3v) is 5.10. The zero-order valence-corrected chi connectivity index (χ0v) is 16.2. The van der Waals surface area contributed by atoms with E-state index in [0.717, 1.165) is 49.4 Å². The first-order chi connectivity index (χ1) is 12.1. The summed E-state index contributed by atoms with van der Waals surface area (Å²) in [7, 11) is 3.50. The van der Waals surface area contributed by atoms with Crippen LogP contribution in [0.2, 0.25) is 0 Å². The number of methoxy groups -OCH3 is 1. The van der Waals surface area contributed by atoms with Gasteiger partial charge in [0.15, 0.2) is 5.69 Å². The molecule has 1 aromatic heterocycles. The Hall–Kier alpha value is -1.86. The Morgan fingerprint density at radius 1 is 1.20 bits per heavy atom. The van der Waals surface area contributed by atoms with E-state index >= 15 is 0 Å². The molecule has 0 N–H and O–H groups in total. The number of carbonyl (C=O) groups excluding carboxylic acids is 1. The van der Waals surface area contributed by atoms with Crippen molar-refractivity contribution in [1.82, 2.24) is 19.6 Å². The topological polar surface area (TPSA) is 50.6 Å². The lowest BCUT2D eigenvalue weighted by Crippen LogP contribution is -2.49. The molecule has 0 saturated carbocycles. The molecule has 1 saturated heterocycles. The monoisotopic (exact) mass is 406 g/mol. The number of rotatable bonds is 5. The van der Waals surface area contributed by atoms with Gasteiger partial charge in [0.05, 0.1) is 11.6 Å². The summed E-state index contributed by atoms with van der Waals surface area (Å²) in [5.74, 6) is 0.888. The van der Waals surface area contributed by atoms with Crippen LogP contribution in [-0.4, -0.2) is 65.3 Å². The lowest BCUT2D eigenvalue weighted by Gasteiger charge is -2.34. The van der Waals surface area contributed by atoms with Crippen molar-refractivity contribution in [3.8, 4) is 5.75 Å². The molecule has 1 aliphatic rings. The van der Waals surface area contributed by atoms with Crippen molar-refractivity contribution >= 4 is 21.8 Å². The van der Waals surface area contributed by atoms with Gasteiger partial charge in [-0.2, -0.15) is 5.10 Å². The van der Waals surface area contributed by atoms with Crippen LogP contribution in [0.25, 0.3) is 0 Å². The number of benzene rings is 1. The molecule has 1 aromatic carbocycles. The van der Waals surface area contributed by atoms with E-state index in [4.69, 9.17) is 4.74 Å². The van der Waals surface area contributed by atoms with Crippen molar-refractivity contribution in [2.24, 2.45) is 7.05 Å². The number of piperazine rings is 1. The molecular weight excluding hydrogens is 384 g/mol. The quantitative estimate of drug-likeness (QED) is 0.763. The minimum absolute atomic E-state index is 0.00211. The Balaban J connectivity index is 1.48. The number of aryl methyl sites for hydroxylation is 1. The first kappa shape index (κ1) is 17.9. The van der Waals surface area contributed by atoms with Crippen LogP contribution in [0.15, 0.2) is 34.9 Å². The van der Waals surface area contributed by atoms with Crippen molar-refractivity contribution in [2.75, 3.05) is 39.8 Å². The van der Waals surface area contributed by atoms with Gasteiger partial charge in [0.1, 0.15) is 5.75 Å². The third-order valence-electron chi connectivity index (χ3n) is 4.52. The van der Waals surface area contributed by atoms with E-state index < -0.39 is 0 Å². The van der Waals surface area contributed by atoms with Crippen LogP contribution >= 0.6 is 15.9 Å². The van der Waals surface area contributed by atoms with E-state index in [9.17, 15) is 4.79 Å². The van der Waals surface area contributed by atoms with Crippen LogP contribution in [0.4, 0.5) is 0 Å². The van der Waals surface area contributed by atoms with E-state index in [-0.39, 0.29) is 5.91 Å². The van der Waals surface area contributed by atoms with Gasteiger partial charge >= 0.3 is 0 Å². The number of nitrogens with zero attached hydrogens (tertiary/aromatic N) is 4. The molecule has 2 aromatic rings. The standard InChI is InChI=1S/C18H23BrN4O2/c1-21-13-16(19)17(20-21)18(24)23-11-9-22(10-12-23)8-7-14-3-5-15(25-2)6-4-14/h3-6,13H,7-12H2,1-2H3. The minimum Gasteiger partial charge on any atom is -0.497 e. The predicted octanol–water partition coefficient (Wildman–Crippen LogP) is 2.19. The second-order valence-corrected chi connectivity index (χ2v) is 7.09. The molecule has 0 bridgehead atoms. The molecule has 2 heterocycles. The van der Waals surface area contributed by atoms with E-state index in [0.29, 0.717) is 5.69 Å². The van der Waals surface area contributed by atoms with Crippen molar-refractivity contribution in [3.05, 3.63) is 46.2 Å². The Morgan fingerprint density at radius 3 is 2.44 bits per heavy atom. The molecule has 3 rings (SSSR count). The van der Waals surface area contributed by atoms with Gasteiger partial charge in [-0.15, -0.1) is 0 Å². The Bertz CT molecular complexity index is 721. The molecule has 134 valence electrons. The summed E-state index contributed by atoms with van der Waals surface area (Å²) in [5.41, 5.74) is 1.80. The van der Waals surface area contributed by atoms with Gasteiger partial charge in [0.2, 0.25) is 0 Å². The normalized spacial score (nSPS) is 15.4. The highest BCUT2D eigenvalue weighted by atomic mass is 79.9. The van der Waals surface area contributed by atoms with Gasteiger partial charge in [-0.05, 0) is 40.0 Å². The largest absolute Gasteiger partial charge is 0.497 e. The summed E-state index contributed by atoms with van der Waals surface area (Å²) in [6, 6.07) is 8.21. The van der Waals surface area contributed by atoms with Gasteiger partial charge in [-0.3, -0.25) is 14.4 Å². The van der Waals surface area contributed by atoms with Crippen molar-refractivity contribution in [2.45, 2.75) is 6.42 Å². The van der Waals surface area contributed by atoms with E-state index in [2.05, 4.69) is 38.1 Å². The number of aromatic nitrogens is 2. The molecule has 0 aliphatic carbocycles. The maximum Gasteiger partial charge on any atom is 0.275 e. The molecule has 0 spiro atoms. The second-order valence-electron chi connectivity index (χ2n) is 6.23. The molecule has 7 heteroatoms. The maximum atomic E-state index is 12.6. The van der Waals surface area contributed by atoms with Crippen molar-refractivity contribution < 1.29 is 9.53 Å². The van der Waals surface area contributed by atoms with E-state index in [1.807, 2.05) is 24.1 Å². The summed E-state index contributed by atoms with van der Waals surface area (Å²) in [6.07, 6.45) is 2.81. The second kappa shape index (κ2) is 8.01. The fourth-order valence-corrected chi connectivity index (χ4v) is 3.55. The van der Waals surface area contributed by atoms with Crippen LogP contribution in [0.5, 0.6) is 5.75 Å². The number of hydrogen-bond acceptors (Lipinski definition) is 4. The first-order valence-corrected chi connectivity index (χ1v) is 9.20. The maximum absolute atomic E-state index is 12.6. The lowest BCUT2D eigenvalue weighted by atomic mass is 10.1. The summed E-state index contributed by atoms with van der Waals surface area (Å²) in [5, 5.41) is 4.25. The highest BCUT2D eigenvalue weighted by Crippen LogP contribution is 2.17. The average molecular weight is 407 g/mol. The van der Waals surface area contributed by atoms with Crippen molar-refractivity contribution in [3.63, 3.8) is 0 Å². The molecule has 25 heavy (non-hydrogen) atoms. The Labute approximate surface area is 156 Å². The van der Waals surface area contributed by atoms with Gasteiger partial charge in [0.25, 0.3) is 5.91 Å². The Morgan fingerprint density at radius 2 is 1.88 bits per heavy atom. The molecule has 1 aliphatic heterocycles. The number of halogens is 1. The van der Waals surface area contributed by atoms with E-state index in [1.165, 1.54) is 5.56 Å². The lowest BCUT2D eigenvalue weighted by molar-refractivity contribution is 0.0631. The van der Waals surface area contributed by atoms with Crippen LogP contribution in [-0.2, 0) is 13.5 Å². The summed E-state index contributed by atoms with van der Waals surface area (Å²) in [4.78, 5) is 16.9. The van der Waals surface area contributed by atoms with Crippen LogP contribution in [0.1, 0.15) is 16.1 Å². The third kappa shape index (κ3) is 4.41. The summed E-state index contributed by atoms with van der Waals surface area (Å²) >= 11 is 3.41. The van der Waals surface area contributed by atoms with Crippen LogP contribution < -0.4 is 4.74 Å². The van der Waals surface area contributed by atoms with Gasteiger partial charge in [-0.25, -0.2) is 0 Å². The fourth-order valence-electron chi connectivity index (χ4n) is 3.01. The number of hydrogen-bond donors (Lipinski definition) is 0. The smallest absolute Gasteiger partial charge is 0.275 e. The molecule has 1 amide bonds. The van der Waals surface area contributed by atoms with E-state index in [1.54, 1.807) is 18.0 Å². The molecule has 6 nitrogen and oxygen atoms in total. The SMILES string of the molecule is COc1ccc(CCN2CCN(C(=O)c3nn(C)cc3Br)CC2)cc1. The average Bonchev–Trinajstić information content (AvgIpc) is 2.98. The van der Waals surface area contributed by atoms with Crippen LogP contribution in [0, 0.1) is 0 Å². The summed E-state index contributed by atoms with van der Waals surface area (Å²) < 4.78 is 7.59. The minimum atomic E-state index is 0.00211. The molecule has 0 atom stereocenters. The number of amides is 1. The summed E-state index contributed by atoms with van der Waals surface area (Å²) in [6.45, 7) is 4.27. The molecule has 0 radical (unpaired) electrons. The molecule has 0 unspecified atom stereocenters. The van der Waals surface area contributed by atoms with Crippen LogP contribution in [0.3, 0.4) is 0 Å². The molecular formula is C18H23BrN4O2. The van der Waals surface area contributed by atoms with Gasteiger partial charge in [0, 0.05) is 46.0 Å². The van der Waals surface area contributed by atoms with Gasteiger partial charge in [-0.1, -0.05) is 12.1 Å².